The van der Waals surface area contributed by atoms with E-state index in [0.717, 1.165) is 12.8 Å². The molecule has 1 aliphatic rings. The van der Waals surface area contributed by atoms with Crippen molar-refractivity contribution in [2.75, 3.05) is 0 Å². The van der Waals surface area contributed by atoms with Gasteiger partial charge in [-0.3, -0.25) is 4.79 Å². The Labute approximate surface area is 152 Å². The number of Topliss-reactive ketones (excluding diaryl/α,β-unsaturated/α-hetero) is 1. The number of hydrogen-bond donors (Lipinski definition) is 0. The van der Waals surface area contributed by atoms with Gasteiger partial charge in [-0.2, -0.15) is 0 Å². The highest BCUT2D eigenvalue weighted by Gasteiger charge is 2.56. The summed E-state index contributed by atoms with van der Waals surface area (Å²) in [6, 6.07) is 0. The van der Waals surface area contributed by atoms with Crippen LogP contribution in [0.25, 0.3) is 0 Å². The van der Waals surface area contributed by atoms with Crippen LogP contribution >= 0.6 is 0 Å². The summed E-state index contributed by atoms with van der Waals surface area (Å²) in [6.07, 6.45) is 2.19. The average molecular weight is 373 g/mol. The second-order valence-electron chi connectivity index (χ2n) is 10.5. The van der Waals surface area contributed by atoms with Crippen LogP contribution in [0.15, 0.2) is 0 Å². The summed E-state index contributed by atoms with van der Waals surface area (Å²) in [5, 5.41) is 0.305. The summed E-state index contributed by atoms with van der Waals surface area (Å²) in [7, 11) is -3.78. The third-order valence-electron chi connectivity index (χ3n) is 6.47. The minimum absolute atomic E-state index is 0.111. The minimum atomic E-state index is -1.98. The number of carbonyl (C=O) groups is 1. The maximum atomic E-state index is 12.7. The normalized spacial score (nSPS) is 26.2. The topological polar surface area (TPSA) is 35.5 Å². The standard InChI is InChI=1S/C19H40O3Si2/c1-12-16(20)19(22-24(10,11)18(5,6)7)13-15(14-19)21-23(8,9)17(2,3)4/h15H,12-14H2,1-11H3. The van der Waals surface area contributed by atoms with E-state index >= 15 is 0 Å². The molecule has 24 heavy (non-hydrogen) atoms. The summed E-state index contributed by atoms with van der Waals surface area (Å²) >= 11 is 0. The Hall–Kier alpha value is 0.0238. The molecule has 0 aromatic carbocycles. The molecule has 5 heteroatoms. The van der Waals surface area contributed by atoms with Crippen molar-refractivity contribution >= 4 is 22.4 Å². The molecule has 3 nitrogen and oxygen atoms in total. The van der Waals surface area contributed by atoms with Crippen LogP contribution in [0.3, 0.4) is 0 Å². The van der Waals surface area contributed by atoms with Crippen LogP contribution in [0.4, 0.5) is 0 Å². The Kier molecular flexibility index (Phi) is 6.10. The van der Waals surface area contributed by atoms with Gasteiger partial charge in [-0.05, 0) is 36.3 Å². The number of hydrogen-bond acceptors (Lipinski definition) is 3. The van der Waals surface area contributed by atoms with Gasteiger partial charge in [0, 0.05) is 19.3 Å². The highest BCUT2D eigenvalue weighted by Crippen LogP contribution is 2.49. The van der Waals surface area contributed by atoms with Crippen molar-refractivity contribution in [2.24, 2.45) is 0 Å². The van der Waals surface area contributed by atoms with Crippen LogP contribution in [-0.4, -0.2) is 34.1 Å². The summed E-state index contributed by atoms with van der Waals surface area (Å²) in [4.78, 5) is 12.7. The quantitative estimate of drug-likeness (QED) is 0.544. The van der Waals surface area contributed by atoms with Crippen molar-refractivity contribution in [3.8, 4) is 0 Å². The van der Waals surface area contributed by atoms with E-state index in [2.05, 4.69) is 67.7 Å². The molecule has 0 aromatic rings. The number of carbonyl (C=O) groups excluding carboxylic acids is 1. The fourth-order valence-corrected chi connectivity index (χ4v) is 5.60. The van der Waals surface area contributed by atoms with Crippen molar-refractivity contribution in [2.45, 2.75) is 116 Å². The minimum Gasteiger partial charge on any atom is -0.414 e. The smallest absolute Gasteiger partial charge is 0.193 e. The lowest BCUT2D eigenvalue weighted by Gasteiger charge is -2.54. The summed E-state index contributed by atoms with van der Waals surface area (Å²) in [6.45, 7) is 24.4. The molecule has 1 fully saturated rings. The molecule has 0 aliphatic heterocycles. The van der Waals surface area contributed by atoms with Gasteiger partial charge in [-0.15, -0.1) is 0 Å². The first-order valence-corrected chi connectivity index (χ1v) is 15.2. The zero-order chi connectivity index (χ0) is 19.2. The number of rotatable bonds is 6. The molecule has 0 bridgehead atoms. The lowest BCUT2D eigenvalue weighted by molar-refractivity contribution is -0.155. The van der Waals surface area contributed by atoms with Gasteiger partial charge in [0.05, 0.1) is 6.10 Å². The van der Waals surface area contributed by atoms with Crippen molar-refractivity contribution in [3.05, 3.63) is 0 Å². The predicted octanol–water partition coefficient (Wildman–Crippen LogP) is 5.91. The second kappa shape index (κ2) is 6.64. The fourth-order valence-electron chi connectivity index (χ4n) is 2.68. The first-order valence-electron chi connectivity index (χ1n) is 9.39. The van der Waals surface area contributed by atoms with Crippen molar-refractivity contribution in [3.63, 3.8) is 0 Å². The molecule has 1 rings (SSSR count). The van der Waals surface area contributed by atoms with E-state index in [9.17, 15) is 4.79 Å². The Bertz CT molecular complexity index is 464. The number of ketones is 1. The molecule has 0 amide bonds. The molecular weight excluding hydrogens is 332 g/mol. The molecule has 142 valence electrons. The van der Waals surface area contributed by atoms with Gasteiger partial charge in [0.1, 0.15) is 5.60 Å². The van der Waals surface area contributed by atoms with Gasteiger partial charge >= 0.3 is 0 Å². The molecule has 0 spiro atoms. The summed E-state index contributed by atoms with van der Waals surface area (Å²) in [5.74, 6) is 0.252. The van der Waals surface area contributed by atoms with E-state index in [1.54, 1.807) is 0 Å². The molecule has 0 aromatic heterocycles. The van der Waals surface area contributed by atoms with Gasteiger partial charge in [-0.25, -0.2) is 0 Å². The van der Waals surface area contributed by atoms with Gasteiger partial charge in [0.15, 0.2) is 22.4 Å². The Morgan fingerprint density at radius 2 is 1.38 bits per heavy atom. The molecule has 1 saturated carbocycles. The van der Waals surface area contributed by atoms with Crippen LogP contribution in [0.2, 0.25) is 36.3 Å². The van der Waals surface area contributed by atoms with Gasteiger partial charge in [0.25, 0.3) is 0 Å². The highest BCUT2D eigenvalue weighted by atomic mass is 28.4. The van der Waals surface area contributed by atoms with Crippen LogP contribution < -0.4 is 0 Å². The molecule has 1 aliphatic carbocycles. The van der Waals surface area contributed by atoms with E-state index in [-0.39, 0.29) is 22.0 Å². The van der Waals surface area contributed by atoms with Gasteiger partial charge < -0.3 is 8.85 Å². The maximum Gasteiger partial charge on any atom is 0.193 e. The first kappa shape index (κ1) is 22.1. The fraction of sp³-hybridized carbons (Fsp3) is 0.947. The van der Waals surface area contributed by atoms with Gasteiger partial charge in [-0.1, -0.05) is 48.5 Å². The van der Waals surface area contributed by atoms with Crippen LogP contribution in [-0.2, 0) is 13.6 Å². The summed E-state index contributed by atoms with van der Waals surface area (Å²) in [5.41, 5.74) is -0.592. The van der Waals surface area contributed by atoms with E-state index in [1.807, 2.05) is 6.92 Å². The molecule has 0 N–H and O–H groups in total. The third kappa shape index (κ3) is 4.40. The largest absolute Gasteiger partial charge is 0.414 e. The maximum absolute atomic E-state index is 12.7. The molecule has 0 radical (unpaired) electrons. The molecule has 0 unspecified atom stereocenters. The van der Waals surface area contributed by atoms with Crippen LogP contribution in [0.1, 0.15) is 67.7 Å². The lowest BCUT2D eigenvalue weighted by atomic mass is 9.74. The SMILES string of the molecule is CCC(=O)C1(O[Si](C)(C)C(C)(C)C)CC(O[Si](C)(C)C(C)(C)C)C1. The zero-order valence-corrected chi connectivity index (χ0v) is 19.9. The van der Waals surface area contributed by atoms with Crippen molar-refractivity contribution in [1.29, 1.82) is 0 Å². The monoisotopic (exact) mass is 372 g/mol. The average Bonchev–Trinajstić information content (AvgIpc) is 2.31. The van der Waals surface area contributed by atoms with Crippen molar-refractivity contribution in [1.82, 2.24) is 0 Å². The second-order valence-corrected chi connectivity index (χ2v) is 20.0. The van der Waals surface area contributed by atoms with E-state index in [0.29, 0.717) is 6.42 Å². The molecule has 0 saturated heterocycles. The Morgan fingerprint density at radius 3 is 1.71 bits per heavy atom. The zero-order valence-electron chi connectivity index (χ0n) is 17.9. The first-order chi connectivity index (χ1) is 10.5. The highest BCUT2D eigenvalue weighted by molar-refractivity contribution is 6.74. The Morgan fingerprint density at radius 1 is 0.958 bits per heavy atom. The van der Waals surface area contributed by atoms with E-state index in [1.165, 1.54) is 0 Å². The molecular formula is C19H40O3Si2. The molecule has 0 atom stereocenters. The predicted molar refractivity (Wildman–Crippen MR) is 108 cm³/mol. The van der Waals surface area contributed by atoms with Crippen molar-refractivity contribution < 1.29 is 13.6 Å². The van der Waals surface area contributed by atoms with Gasteiger partial charge in [0.2, 0.25) is 0 Å². The lowest BCUT2D eigenvalue weighted by Crippen LogP contribution is -2.63. The van der Waals surface area contributed by atoms with Crippen LogP contribution in [0, 0.1) is 0 Å². The Balaban J connectivity index is 2.89. The molecule has 0 heterocycles. The van der Waals surface area contributed by atoms with Crippen LogP contribution in [0.5, 0.6) is 0 Å². The van der Waals surface area contributed by atoms with E-state index < -0.39 is 22.2 Å². The van der Waals surface area contributed by atoms with E-state index in [4.69, 9.17) is 8.85 Å². The summed E-state index contributed by atoms with van der Waals surface area (Å²) < 4.78 is 13.1. The third-order valence-corrected chi connectivity index (χ3v) is 15.5.